The van der Waals surface area contributed by atoms with E-state index in [-0.39, 0.29) is 30.6 Å². The second kappa shape index (κ2) is 4.95. The number of nitrogens with zero attached hydrogens (tertiary/aromatic N) is 1. The minimum absolute atomic E-state index is 0.0000463. The summed E-state index contributed by atoms with van der Waals surface area (Å²) in [6.07, 6.45) is -0.0000463. The standard InChI is InChI=1S/C12H13FN2O2/c13-10-4-2-1-3-9(10)7-12(17)15-6-5-14-11(16)8-15/h1-4H,5-8H2,(H,14,16). The van der Waals surface area contributed by atoms with Crippen LogP contribution in [0.1, 0.15) is 5.56 Å². The van der Waals surface area contributed by atoms with Gasteiger partial charge in [-0.2, -0.15) is 0 Å². The van der Waals surface area contributed by atoms with Gasteiger partial charge in [-0.1, -0.05) is 18.2 Å². The van der Waals surface area contributed by atoms with Crippen LogP contribution in [-0.4, -0.2) is 36.3 Å². The number of carbonyl (C=O) groups excluding carboxylic acids is 2. The first-order chi connectivity index (χ1) is 8.16. The molecular weight excluding hydrogens is 223 g/mol. The number of halogens is 1. The molecule has 1 aliphatic heterocycles. The number of piperazine rings is 1. The van der Waals surface area contributed by atoms with E-state index in [0.29, 0.717) is 18.7 Å². The second-order valence-corrected chi connectivity index (χ2v) is 3.93. The molecule has 1 heterocycles. The average Bonchev–Trinajstić information content (AvgIpc) is 2.32. The van der Waals surface area contributed by atoms with E-state index >= 15 is 0 Å². The maximum absolute atomic E-state index is 13.3. The molecule has 0 aliphatic carbocycles. The Morgan fingerprint density at radius 2 is 2.18 bits per heavy atom. The zero-order valence-corrected chi connectivity index (χ0v) is 9.28. The van der Waals surface area contributed by atoms with E-state index in [1.165, 1.54) is 11.0 Å². The number of rotatable bonds is 2. The third-order valence-corrected chi connectivity index (χ3v) is 2.69. The van der Waals surface area contributed by atoms with Crippen molar-refractivity contribution in [2.24, 2.45) is 0 Å². The van der Waals surface area contributed by atoms with Gasteiger partial charge in [0.25, 0.3) is 0 Å². The van der Waals surface area contributed by atoms with Crippen molar-refractivity contribution in [2.45, 2.75) is 6.42 Å². The Bertz CT molecular complexity index is 448. The summed E-state index contributed by atoms with van der Waals surface area (Å²) in [6.45, 7) is 1.01. The number of amides is 2. The number of nitrogens with one attached hydrogen (secondary N) is 1. The average molecular weight is 236 g/mol. The molecule has 4 nitrogen and oxygen atoms in total. The fourth-order valence-electron chi connectivity index (χ4n) is 1.77. The SMILES string of the molecule is O=C1CN(C(=O)Cc2ccccc2F)CCN1. The van der Waals surface area contributed by atoms with Gasteiger partial charge in [0.2, 0.25) is 11.8 Å². The van der Waals surface area contributed by atoms with Crippen molar-refractivity contribution in [3.63, 3.8) is 0 Å². The molecular formula is C12H13FN2O2. The summed E-state index contributed by atoms with van der Waals surface area (Å²) in [7, 11) is 0. The fourth-order valence-corrected chi connectivity index (χ4v) is 1.77. The minimum Gasteiger partial charge on any atom is -0.353 e. The number of hydrogen-bond donors (Lipinski definition) is 1. The highest BCUT2D eigenvalue weighted by atomic mass is 19.1. The lowest BCUT2D eigenvalue weighted by Crippen LogP contribution is -2.50. The monoisotopic (exact) mass is 236 g/mol. The molecule has 1 aromatic carbocycles. The molecule has 0 bridgehead atoms. The molecule has 2 amide bonds. The quantitative estimate of drug-likeness (QED) is 0.804. The van der Waals surface area contributed by atoms with E-state index in [2.05, 4.69) is 5.32 Å². The van der Waals surface area contributed by atoms with Crippen molar-refractivity contribution in [2.75, 3.05) is 19.6 Å². The van der Waals surface area contributed by atoms with Gasteiger partial charge < -0.3 is 10.2 Å². The Morgan fingerprint density at radius 1 is 1.41 bits per heavy atom. The van der Waals surface area contributed by atoms with Gasteiger partial charge in [0, 0.05) is 13.1 Å². The molecule has 1 aliphatic rings. The molecule has 5 heteroatoms. The second-order valence-electron chi connectivity index (χ2n) is 3.93. The van der Waals surface area contributed by atoms with Gasteiger partial charge in [-0.3, -0.25) is 9.59 Å². The van der Waals surface area contributed by atoms with Crippen LogP contribution in [0.25, 0.3) is 0 Å². The van der Waals surface area contributed by atoms with Crippen LogP contribution in [0, 0.1) is 5.82 Å². The number of benzene rings is 1. The molecule has 0 radical (unpaired) electrons. The van der Waals surface area contributed by atoms with Crippen molar-refractivity contribution in [1.82, 2.24) is 10.2 Å². The van der Waals surface area contributed by atoms with Gasteiger partial charge in [-0.05, 0) is 11.6 Å². The minimum atomic E-state index is -0.387. The molecule has 1 N–H and O–H groups in total. The van der Waals surface area contributed by atoms with E-state index in [1.807, 2.05) is 0 Å². The summed E-state index contributed by atoms with van der Waals surface area (Å²) in [5.41, 5.74) is 0.364. The molecule has 1 aromatic rings. The van der Waals surface area contributed by atoms with Crippen LogP contribution < -0.4 is 5.32 Å². The van der Waals surface area contributed by atoms with Crippen LogP contribution in [0.4, 0.5) is 4.39 Å². The molecule has 17 heavy (non-hydrogen) atoms. The van der Waals surface area contributed by atoms with Crippen molar-refractivity contribution in [3.05, 3.63) is 35.6 Å². The lowest BCUT2D eigenvalue weighted by Gasteiger charge is -2.26. The van der Waals surface area contributed by atoms with Crippen molar-refractivity contribution >= 4 is 11.8 Å². The van der Waals surface area contributed by atoms with E-state index in [1.54, 1.807) is 18.2 Å². The van der Waals surface area contributed by atoms with Crippen molar-refractivity contribution in [3.8, 4) is 0 Å². The Labute approximate surface area is 98.4 Å². The highest BCUT2D eigenvalue weighted by molar-refractivity contribution is 5.86. The zero-order valence-electron chi connectivity index (χ0n) is 9.28. The van der Waals surface area contributed by atoms with Crippen LogP contribution >= 0.6 is 0 Å². The predicted octanol–water partition coefficient (Wildman–Crippen LogP) is 0.327. The van der Waals surface area contributed by atoms with Gasteiger partial charge in [0.1, 0.15) is 5.82 Å². The highest BCUT2D eigenvalue weighted by Gasteiger charge is 2.21. The number of hydrogen-bond acceptors (Lipinski definition) is 2. The lowest BCUT2D eigenvalue weighted by molar-refractivity contribution is -0.137. The molecule has 0 aromatic heterocycles. The third kappa shape index (κ3) is 2.81. The van der Waals surface area contributed by atoms with Crippen LogP contribution in [-0.2, 0) is 16.0 Å². The van der Waals surface area contributed by atoms with Crippen LogP contribution in [0.2, 0.25) is 0 Å². The highest BCUT2D eigenvalue weighted by Crippen LogP contribution is 2.09. The molecule has 0 saturated carbocycles. The fraction of sp³-hybridized carbons (Fsp3) is 0.333. The first-order valence-corrected chi connectivity index (χ1v) is 5.44. The first kappa shape index (κ1) is 11.6. The molecule has 2 rings (SSSR count). The zero-order chi connectivity index (χ0) is 12.3. The normalized spacial score (nSPS) is 15.6. The largest absolute Gasteiger partial charge is 0.353 e. The van der Waals surface area contributed by atoms with Crippen LogP contribution in [0.5, 0.6) is 0 Å². The molecule has 0 atom stereocenters. The maximum atomic E-state index is 13.3. The summed E-state index contributed by atoms with van der Waals surface area (Å²) >= 11 is 0. The first-order valence-electron chi connectivity index (χ1n) is 5.44. The molecule has 90 valence electrons. The Hall–Kier alpha value is -1.91. The Morgan fingerprint density at radius 3 is 2.88 bits per heavy atom. The summed E-state index contributed by atoms with van der Waals surface area (Å²) in [4.78, 5) is 24.4. The maximum Gasteiger partial charge on any atom is 0.239 e. The summed E-state index contributed by atoms with van der Waals surface area (Å²) in [6, 6.07) is 6.18. The van der Waals surface area contributed by atoms with Gasteiger partial charge in [0.05, 0.1) is 13.0 Å². The summed E-state index contributed by atoms with van der Waals surface area (Å²) in [5, 5.41) is 2.64. The predicted molar refractivity (Wildman–Crippen MR) is 59.7 cm³/mol. The van der Waals surface area contributed by atoms with Crippen molar-refractivity contribution in [1.29, 1.82) is 0 Å². The number of carbonyl (C=O) groups is 2. The van der Waals surface area contributed by atoms with Gasteiger partial charge in [-0.25, -0.2) is 4.39 Å². The Balaban J connectivity index is 2.02. The molecule has 1 saturated heterocycles. The smallest absolute Gasteiger partial charge is 0.239 e. The summed E-state index contributed by atoms with van der Waals surface area (Å²) in [5.74, 6) is -0.773. The van der Waals surface area contributed by atoms with Gasteiger partial charge in [0.15, 0.2) is 0 Å². The van der Waals surface area contributed by atoms with Gasteiger partial charge >= 0.3 is 0 Å². The van der Waals surface area contributed by atoms with Crippen LogP contribution in [0.3, 0.4) is 0 Å². The molecule has 0 spiro atoms. The van der Waals surface area contributed by atoms with E-state index in [0.717, 1.165) is 0 Å². The third-order valence-electron chi connectivity index (χ3n) is 2.69. The van der Waals surface area contributed by atoms with E-state index in [9.17, 15) is 14.0 Å². The van der Waals surface area contributed by atoms with Gasteiger partial charge in [-0.15, -0.1) is 0 Å². The molecule has 0 unspecified atom stereocenters. The summed E-state index contributed by atoms with van der Waals surface area (Å²) < 4.78 is 13.3. The lowest BCUT2D eigenvalue weighted by atomic mass is 10.1. The van der Waals surface area contributed by atoms with Crippen molar-refractivity contribution < 1.29 is 14.0 Å². The Kier molecular flexibility index (Phi) is 3.37. The molecule has 1 fully saturated rings. The van der Waals surface area contributed by atoms with E-state index < -0.39 is 0 Å². The topological polar surface area (TPSA) is 49.4 Å². The van der Waals surface area contributed by atoms with E-state index in [4.69, 9.17) is 0 Å². The van der Waals surface area contributed by atoms with Crippen LogP contribution in [0.15, 0.2) is 24.3 Å².